The summed E-state index contributed by atoms with van der Waals surface area (Å²) in [6, 6.07) is 0.625. The van der Waals surface area contributed by atoms with Crippen LogP contribution < -0.4 is 51.4 Å². The van der Waals surface area contributed by atoms with Crippen LogP contribution in [0, 0.1) is 0 Å². The zero-order chi connectivity index (χ0) is 5.98. The Kier molecular flexibility index (Phi) is 6.14. The van der Waals surface area contributed by atoms with E-state index in [1.165, 1.54) is 13.0 Å². The largest absolute Gasteiger partial charge is 1.00 e. The van der Waals surface area contributed by atoms with E-state index in [0.29, 0.717) is 6.04 Å². The third-order valence-electron chi connectivity index (χ3n) is 1.73. The van der Waals surface area contributed by atoms with Crippen LogP contribution in [0.3, 0.4) is 0 Å². The van der Waals surface area contributed by atoms with Gasteiger partial charge in [0, 0.05) is 0 Å². The van der Waals surface area contributed by atoms with Crippen LogP contribution in [-0.2, 0) is 0 Å². The molecule has 0 amide bonds. The summed E-state index contributed by atoms with van der Waals surface area (Å²) in [6.45, 7) is 2.39. The fraction of sp³-hybridized carbons (Fsp3) is 1.00. The van der Waals surface area contributed by atoms with Crippen molar-refractivity contribution < 1.29 is 51.4 Å². The van der Waals surface area contributed by atoms with Gasteiger partial charge in [-0.15, -0.1) is 6.04 Å². The Morgan fingerprint density at radius 1 is 1.56 bits per heavy atom. The maximum Gasteiger partial charge on any atom is 1.00 e. The number of likely N-dealkylation sites (tertiary alicyclic amines) is 1. The second kappa shape index (κ2) is 5.24. The van der Waals surface area contributed by atoms with Gasteiger partial charge in [-0.1, -0.05) is 6.42 Å². The minimum absolute atomic E-state index is 0. The molecular weight excluding hydrogens is 139 g/mol. The molecule has 0 radical (unpaired) electrons. The van der Waals surface area contributed by atoms with Crippen LogP contribution in [0.15, 0.2) is 0 Å². The van der Waals surface area contributed by atoms with E-state index in [-0.39, 0.29) is 51.4 Å². The zero-order valence-electron chi connectivity index (χ0n) is 6.59. The van der Waals surface area contributed by atoms with Crippen molar-refractivity contribution in [1.29, 1.82) is 0 Å². The SMILES string of the molecule is C[N-]C1CCN(C)C1.[K+]. The predicted octanol–water partition coefficient (Wildman–Crippen LogP) is -2.30. The van der Waals surface area contributed by atoms with E-state index in [4.69, 9.17) is 0 Å². The fourth-order valence-electron chi connectivity index (χ4n) is 1.12. The molecule has 1 aliphatic rings. The minimum Gasteiger partial charge on any atom is -0.661 e. The molecule has 1 rings (SSSR count). The first-order valence-electron chi connectivity index (χ1n) is 3.10. The molecule has 3 heteroatoms. The van der Waals surface area contributed by atoms with Crippen molar-refractivity contribution >= 4 is 0 Å². The van der Waals surface area contributed by atoms with Crippen molar-refractivity contribution in [3.05, 3.63) is 5.32 Å². The molecule has 9 heavy (non-hydrogen) atoms. The van der Waals surface area contributed by atoms with Gasteiger partial charge in [-0.05, 0) is 20.1 Å². The van der Waals surface area contributed by atoms with E-state index in [2.05, 4.69) is 17.3 Å². The van der Waals surface area contributed by atoms with Gasteiger partial charge in [-0.3, -0.25) is 0 Å². The molecule has 1 atom stereocenters. The summed E-state index contributed by atoms with van der Waals surface area (Å²) in [5, 5.41) is 4.20. The second-order valence-corrected chi connectivity index (χ2v) is 2.46. The van der Waals surface area contributed by atoms with Gasteiger partial charge in [0.1, 0.15) is 0 Å². The van der Waals surface area contributed by atoms with Crippen LogP contribution in [0.25, 0.3) is 5.32 Å². The van der Waals surface area contributed by atoms with Crippen LogP contribution >= 0.6 is 0 Å². The number of likely N-dealkylation sites (N-methyl/N-ethyl adjacent to an activating group) is 2. The predicted molar refractivity (Wildman–Crippen MR) is 35.2 cm³/mol. The number of hydrogen-bond acceptors (Lipinski definition) is 1. The van der Waals surface area contributed by atoms with Gasteiger partial charge in [-0.2, -0.15) is 7.05 Å². The van der Waals surface area contributed by atoms with Crippen molar-refractivity contribution in [2.24, 2.45) is 0 Å². The Balaban J connectivity index is 0.000000640. The van der Waals surface area contributed by atoms with Crippen molar-refractivity contribution in [3.8, 4) is 0 Å². The topological polar surface area (TPSA) is 17.3 Å². The van der Waals surface area contributed by atoms with E-state index in [1.807, 2.05) is 7.05 Å². The molecular formula is C6H13KN2. The standard InChI is InChI=1S/C6H13N2.K/c1-7-6-3-4-8(2)5-6;/h6H,3-5H2,1-2H3;/q-1;+1. The molecule has 0 aromatic heterocycles. The van der Waals surface area contributed by atoms with E-state index in [9.17, 15) is 0 Å². The summed E-state index contributed by atoms with van der Waals surface area (Å²) in [5.41, 5.74) is 0. The van der Waals surface area contributed by atoms with Gasteiger partial charge in [0.25, 0.3) is 0 Å². The summed E-state index contributed by atoms with van der Waals surface area (Å²) in [4.78, 5) is 2.32. The van der Waals surface area contributed by atoms with Crippen LogP contribution in [0.1, 0.15) is 6.42 Å². The third-order valence-corrected chi connectivity index (χ3v) is 1.73. The molecule has 0 spiro atoms. The van der Waals surface area contributed by atoms with Crippen molar-refractivity contribution in [2.75, 3.05) is 27.2 Å². The Morgan fingerprint density at radius 2 is 2.22 bits per heavy atom. The van der Waals surface area contributed by atoms with Gasteiger partial charge < -0.3 is 10.2 Å². The molecule has 1 aliphatic heterocycles. The van der Waals surface area contributed by atoms with Gasteiger partial charge in [-0.25, -0.2) is 0 Å². The molecule has 0 N–H and O–H groups in total. The molecule has 2 nitrogen and oxygen atoms in total. The summed E-state index contributed by atoms with van der Waals surface area (Å²) >= 11 is 0. The van der Waals surface area contributed by atoms with Gasteiger partial charge >= 0.3 is 51.4 Å². The summed E-state index contributed by atoms with van der Waals surface area (Å²) in [5.74, 6) is 0. The molecule has 1 fully saturated rings. The Morgan fingerprint density at radius 3 is 2.44 bits per heavy atom. The van der Waals surface area contributed by atoms with E-state index >= 15 is 0 Å². The number of nitrogens with zero attached hydrogens (tertiary/aromatic N) is 2. The first kappa shape index (κ1) is 10.6. The second-order valence-electron chi connectivity index (χ2n) is 2.46. The van der Waals surface area contributed by atoms with E-state index in [1.54, 1.807) is 0 Å². The third kappa shape index (κ3) is 3.46. The monoisotopic (exact) mass is 152 g/mol. The molecule has 1 heterocycles. The molecule has 0 aliphatic carbocycles. The van der Waals surface area contributed by atoms with Crippen LogP contribution in [0.5, 0.6) is 0 Å². The Bertz CT molecular complexity index is 77.5. The van der Waals surface area contributed by atoms with E-state index < -0.39 is 0 Å². The number of rotatable bonds is 1. The molecule has 1 unspecified atom stereocenters. The normalized spacial score (nSPS) is 28.0. The number of hydrogen-bond donors (Lipinski definition) is 0. The molecule has 0 aromatic rings. The molecule has 0 bridgehead atoms. The summed E-state index contributed by atoms with van der Waals surface area (Å²) < 4.78 is 0. The maximum absolute atomic E-state index is 4.20. The average molecular weight is 152 g/mol. The van der Waals surface area contributed by atoms with Crippen LogP contribution in [0.4, 0.5) is 0 Å². The molecule has 0 saturated carbocycles. The average Bonchev–Trinajstić information content (AvgIpc) is 2.14. The van der Waals surface area contributed by atoms with Crippen molar-refractivity contribution in [3.63, 3.8) is 0 Å². The first-order chi connectivity index (χ1) is 3.83. The minimum atomic E-state index is 0. The first-order valence-corrected chi connectivity index (χ1v) is 3.10. The van der Waals surface area contributed by atoms with Crippen molar-refractivity contribution in [2.45, 2.75) is 12.5 Å². The molecule has 1 saturated heterocycles. The van der Waals surface area contributed by atoms with Crippen LogP contribution in [0.2, 0.25) is 0 Å². The smallest absolute Gasteiger partial charge is 0.661 e. The van der Waals surface area contributed by atoms with E-state index in [0.717, 1.165) is 6.54 Å². The maximum atomic E-state index is 4.20. The van der Waals surface area contributed by atoms with Crippen LogP contribution in [-0.4, -0.2) is 38.1 Å². The molecule has 48 valence electrons. The van der Waals surface area contributed by atoms with Gasteiger partial charge in [0.15, 0.2) is 0 Å². The van der Waals surface area contributed by atoms with Gasteiger partial charge in [0.2, 0.25) is 0 Å². The summed E-state index contributed by atoms with van der Waals surface area (Å²) in [7, 11) is 4.05. The fourth-order valence-corrected chi connectivity index (χ4v) is 1.12. The van der Waals surface area contributed by atoms with Crippen molar-refractivity contribution in [1.82, 2.24) is 4.90 Å². The van der Waals surface area contributed by atoms with Gasteiger partial charge in [0.05, 0.1) is 0 Å². The summed E-state index contributed by atoms with van der Waals surface area (Å²) in [6.07, 6.45) is 1.26. The Labute approximate surface area is 99.8 Å². The zero-order valence-corrected chi connectivity index (χ0v) is 9.72. The molecule has 0 aromatic carbocycles. The Hall–Kier alpha value is 1.56. The quantitative estimate of drug-likeness (QED) is 0.386.